The van der Waals surface area contributed by atoms with Gasteiger partial charge >= 0.3 is 5.97 Å². The highest BCUT2D eigenvalue weighted by Gasteiger charge is 2.55. The van der Waals surface area contributed by atoms with Crippen LogP contribution in [-0.4, -0.2) is 36.2 Å². The first-order valence-electron chi connectivity index (χ1n) is 7.79. The Morgan fingerprint density at radius 1 is 1.55 bits per heavy atom. The van der Waals surface area contributed by atoms with Crippen molar-refractivity contribution in [3.8, 4) is 5.75 Å². The molecule has 0 radical (unpaired) electrons. The molecule has 3 atom stereocenters. The van der Waals surface area contributed by atoms with Gasteiger partial charge in [-0.15, -0.1) is 0 Å². The van der Waals surface area contributed by atoms with Crippen molar-refractivity contribution < 1.29 is 14.6 Å². The summed E-state index contributed by atoms with van der Waals surface area (Å²) >= 11 is 3.62. The molecular formula is C17H22BrNO3. The van der Waals surface area contributed by atoms with Crippen molar-refractivity contribution in [1.29, 1.82) is 0 Å². The normalized spacial score (nSPS) is 29.3. The number of nitrogens with zero attached hydrogens (tertiary/aromatic N) is 1. The number of benzene rings is 1. The number of hydrogen-bond acceptors (Lipinski definition) is 3. The third kappa shape index (κ3) is 2.44. The monoisotopic (exact) mass is 367 g/mol. The molecule has 1 saturated carbocycles. The van der Waals surface area contributed by atoms with E-state index in [9.17, 15) is 9.90 Å². The van der Waals surface area contributed by atoms with Crippen LogP contribution in [0.15, 0.2) is 22.7 Å². The van der Waals surface area contributed by atoms with Crippen LogP contribution in [0.4, 0.5) is 0 Å². The molecule has 0 aromatic heterocycles. The molecule has 5 heteroatoms. The van der Waals surface area contributed by atoms with Crippen molar-refractivity contribution in [3.63, 3.8) is 0 Å². The molecule has 1 heterocycles. The summed E-state index contributed by atoms with van der Waals surface area (Å²) in [6.45, 7) is 3.70. The van der Waals surface area contributed by atoms with Gasteiger partial charge < -0.3 is 9.84 Å². The van der Waals surface area contributed by atoms with E-state index in [1.807, 2.05) is 12.1 Å². The zero-order valence-corrected chi connectivity index (χ0v) is 14.6. The molecule has 1 aliphatic carbocycles. The number of hydrogen-bond donors (Lipinski definition) is 1. The molecule has 1 aliphatic heterocycles. The average molecular weight is 368 g/mol. The van der Waals surface area contributed by atoms with Crippen LogP contribution in [0, 0.1) is 11.3 Å². The Bertz CT molecular complexity index is 591. The molecule has 4 nitrogen and oxygen atoms in total. The summed E-state index contributed by atoms with van der Waals surface area (Å²) in [5.41, 5.74) is 0.661. The smallest absolute Gasteiger partial charge is 0.311 e. The molecular weight excluding hydrogens is 346 g/mol. The quantitative estimate of drug-likeness (QED) is 0.881. The Morgan fingerprint density at radius 2 is 2.32 bits per heavy atom. The molecule has 0 spiro atoms. The van der Waals surface area contributed by atoms with Gasteiger partial charge in [0.15, 0.2) is 0 Å². The van der Waals surface area contributed by atoms with E-state index < -0.39 is 11.4 Å². The summed E-state index contributed by atoms with van der Waals surface area (Å²) in [6.07, 6.45) is 2.91. The molecule has 2 aliphatic rings. The lowest BCUT2D eigenvalue weighted by atomic mass is 9.81. The van der Waals surface area contributed by atoms with Crippen LogP contribution in [0.25, 0.3) is 0 Å². The second-order valence-corrected chi connectivity index (χ2v) is 7.40. The Kier molecular flexibility index (Phi) is 4.21. The zero-order chi connectivity index (χ0) is 15.9. The summed E-state index contributed by atoms with van der Waals surface area (Å²) in [7, 11) is 1.66. The number of carboxylic acid groups (broad SMARTS) is 1. The summed E-state index contributed by atoms with van der Waals surface area (Å²) in [5, 5.41) is 9.71. The van der Waals surface area contributed by atoms with Crippen molar-refractivity contribution in [2.24, 2.45) is 11.3 Å². The topological polar surface area (TPSA) is 49.8 Å². The number of likely N-dealkylation sites (tertiary alicyclic amines) is 1. The predicted octanol–water partition coefficient (Wildman–Crippen LogP) is 3.71. The van der Waals surface area contributed by atoms with Gasteiger partial charge in [-0.1, -0.05) is 28.4 Å². The van der Waals surface area contributed by atoms with E-state index in [-0.39, 0.29) is 6.04 Å². The second kappa shape index (κ2) is 5.85. The van der Waals surface area contributed by atoms with Crippen molar-refractivity contribution in [2.45, 2.75) is 32.2 Å². The first kappa shape index (κ1) is 15.8. The molecule has 1 N–H and O–H groups in total. The standard InChI is InChI=1S/C17H22BrNO3/c1-11(14-6-5-13(22-2)8-15(14)18)19-9-12-4-3-7-17(12,10-19)16(20)21/h5-6,8,11-12H,3-4,7,9-10H2,1-2H3,(H,20,21)/t11?,12-,17+/m0/s1. The van der Waals surface area contributed by atoms with Crippen LogP contribution in [0.5, 0.6) is 5.75 Å². The van der Waals surface area contributed by atoms with E-state index in [4.69, 9.17) is 4.74 Å². The fourth-order valence-corrected chi connectivity index (χ4v) is 4.83. The molecule has 3 rings (SSSR count). The van der Waals surface area contributed by atoms with Gasteiger partial charge in [-0.3, -0.25) is 9.69 Å². The summed E-state index contributed by atoms with van der Waals surface area (Å²) in [6, 6.07) is 6.19. The number of fused-ring (bicyclic) bond motifs is 1. The molecule has 2 fully saturated rings. The van der Waals surface area contributed by atoms with E-state index in [1.54, 1.807) is 7.11 Å². The number of methoxy groups -OCH3 is 1. The van der Waals surface area contributed by atoms with E-state index in [2.05, 4.69) is 33.8 Å². The summed E-state index contributed by atoms with van der Waals surface area (Å²) in [4.78, 5) is 14.1. The maximum Gasteiger partial charge on any atom is 0.311 e. The largest absolute Gasteiger partial charge is 0.497 e. The number of carboxylic acids is 1. The fraction of sp³-hybridized carbons (Fsp3) is 0.588. The minimum Gasteiger partial charge on any atom is -0.497 e. The zero-order valence-electron chi connectivity index (χ0n) is 13.0. The number of carbonyl (C=O) groups is 1. The summed E-state index contributed by atoms with van der Waals surface area (Å²) < 4.78 is 6.26. The molecule has 1 aromatic carbocycles. The van der Waals surface area contributed by atoms with E-state index in [0.29, 0.717) is 12.5 Å². The van der Waals surface area contributed by atoms with E-state index >= 15 is 0 Å². The molecule has 0 amide bonds. The molecule has 120 valence electrons. The first-order valence-corrected chi connectivity index (χ1v) is 8.58. The highest BCUT2D eigenvalue weighted by atomic mass is 79.9. The Hall–Kier alpha value is -1.07. The third-order valence-corrected chi connectivity index (χ3v) is 6.22. The number of halogens is 1. The first-order chi connectivity index (χ1) is 10.5. The number of ether oxygens (including phenoxy) is 1. The van der Waals surface area contributed by atoms with Crippen LogP contribution in [0.3, 0.4) is 0 Å². The molecule has 1 unspecified atom stereocenters. The summed E-state index contributed by atoms with van der Waals surface area (Å²) in [5.74, 6) is 0.506. The van der Waals surface area contributed by atoms with Gasteiger partial charge in [-0.2, -0.15) is 0 Å². The highest BCUT2D eigenvalue weighted by Crippen LogP contribution is 2.51. The van der Waals surface area contributed by atoms with E-state index in [0.717, 1.165) is 36.0 Å². The van der Waals surface area contributed by atoms with Gasteiger partial charge in [0.1, 0.15) is 5.75 Å². The maximum atomic E-state index is 11.8. The van der Waals surface area contributed by atoms with Gasteiger partial charge in [0.25, 0.3) is 0 Å². The van der Waals surface area contributed by atoms with Crippen molar-refractivity contribution in [1.82, 2.24) is 4.90 Å². The second-order valence-electron chi connectivity index (χ2n) is 6.54. The van der Waals surface area contributed by atoms with Gasteiger partial charge in [0, 0.05) is 23.6 Å². The fourth-order valence-electron chi connectivity index (χ4n) is 4.14. The van der Waals surface area contributed by atoms with Gasteiger partial charge in [0.2, 0.25) is 0 Å². The lowest BCUT2D eigenvalue weighted by molar-refractivity contribution is -0.149. The van der Waals surface area contributed by atoms with Gasteiger partial charge in [-0.05, 0) is 43.4 Å². The van der Waals surface area contributed by atoms with Crippen molar-refractivity contribution in [3.05, 3.63) is 28.2 Å². The minimum atomic E-state index is -0.613. The lowest BCUT2D eigenvalue weighted by Gasteiger charge is -2.28. The van der Waals surface area contributed by atoms with Crippen LogP contribution in [0.1, 0.15) is 37.8 Å². The predicted molar refractivity (Wildman–Crippen MR) is 88.1 cm³/mol. The Labute approximate surface area is 139 Å². The van der Waals surface area contributed by atoms with Crippen molar-refractivity contribution in [2.75, 3.05) is 20.2 Å². The SMILES string of the molecule is COc1ccc(C(C)N2C[C@@H]3CCC[C@@]3(C(=O)O)C2)c(Br)c1. The van der Waals surface area contributed by atoms with Crippen LogP contribution in [-0.2, 0) is 4.79 Å². The minimum absolute atomic E-state index is 0.196. The third-order valence-electron chi connectivity index (χ3n) is 5.53. The molecule has 1 aromatic rings. The van der Waals surface area contributed by atoms with Crippen LogP contribution in [0.2, 0.25) is 0 Å². The lowest BCUT2D eigenvalue weighted by Crippen LogP contribution is -2.36. The van der Waals surface area contributed by atoms with Gasteiger partial charge in [-0.25, -0.2) is 0 Å². The van der Waals surface area contributed by atoms with Crippen molar-refractivity contribution >= 4 is 21.9 Å². The highest BCUT2D eigenvalue weighted by molar-refractivity contribution is 9.10. The molecule has 0 bridgehead atoms. The van der Waals surface area contributed by atoms with E-state index in [1.165, 1.54) is 5.56 Å². The number of rotatable bonds is 4. The number of aliphatic carboxylic acids is 1. The average Bonchev–Trinajstić information content (AvgIpc) is 3.04. The Morgan fingerprint density at radius 3 is 2.91 bits per heavy atom. The van der Waals surface area contributed by atoms with Crippen LogP contribution >= 0.6 is 15.9 Å². The Balaban J connectivity index is 1.82. The van der Waals surface area contributed by atoms with Gasteiger partial charge in [0.05, 0.1) is 12.5 Å². The maximum absolute atomic E-state index is 11.8. The molecule has 22 heavy (non-hydrogen) atoms. The van der Waals surface area contributed by atoms with Crippen LogP contribution < -0.4 is 4.74 Å². The molecule has 1 saturated heterocycles.